The molecule has 0 bridgehead atoms. The molecule has 3 aromatic rings. The number of carbonyl (C=O) groups is 2. The van der Waals surface area contributed by atoms with E-state index in [2.05, 4.69) is 5.32 Å². The summed E-state index contributed by atoms with van der Waals surface area (Å²) in [5.41, 5.74) is 1.98. The topological polar surface area (TPSA) is 95.6 Å². The fourth-order valence-corrected chi connectivity index (χ4v) is 4.90. The van der Waals surface area contributed by atoms with Gasteiger partial charge in [-0.1, -0.05) is 12.1 Å². The van der Waals surface area contributed by atoms with Crippen molar-refractivity contribution in [3.63, 3.8) is 0 Å². The molecule has 4 rings (SSSR count). The van der Waals surface area contributed by atoms with Gasteiger partial charge in [-0.05, 0) is 55.3 Å². The van der Waals surface area contributed by atoms with Crippen LogP contribution in [0.4, 0.5) is 11.4 Å². The Morgan fingerprint density at radius 2 is 1.49 bits per heavy atom. The van der Waals surface area contributed by atoms with Crippen molar-refractivity contribution >= 4 is 23.2 Å². The van der Waals surface area contributed by atoms with Crippen molar-refractivity contribution < 1.29 is 33.3 Å². The van der Waals surface area contributed by atoms with Gasteiger partial charge in [-0.25, -0.2) is 0 Å². The fourth-order valence-electron chi connectivity index (χ4n) is 4.90. The first-order valence-electron chi connectivity index (χ1n) is 12.7. The predicted octanol–water partition coefficient (Wildman–Crippen LogP) is 5.24. The standard InChI is InChI=1S/C30H34N2O7/c1-6-39-23-13-9-20(10-14-23)31-30(34)24-15-16-27(33)32(28(24)19-7-11-22(35-2)12-8-19)21-17-25(36-3)29(38-5)26(18-21)37-4/h7-14,17-18,24,28H,6,15-16H2,1-5H3,(H,31,34)/t24-,28-/m1/s1. The summed E-state index contributed by atoms with van der Waals surface area (Å²) in [7, 11) is 6.15. The Morgan fingerprint density at radius 1 is 0.872 bits per heavy atom. The number of hydrogen-bond acceptors (Lipinski definition) is 7. The summed E-state index contributed by atoms with van der Waals surface area (Å²) in [5, 5.41) is 3.03. The zero-order chi connectivity index (χ0) is 27.9. The highest BCUT2D eigenvalue weighted by molar-refractivity contribution is 6.00. The van der Waals surface area contributed by atoms with Gasteiger partial charge in [0.25, 0.3) is 0 Å². The van der Waals surface area contributed by atoms with Crippen LogP contribution in [0.5, 0.6) is 28.7 Å². The molecule has 1 heterocycles. The lowest BCUT2D eigenvalue weighted by Crippen LogP contribution is -2.47. The van der Waals surface area contributed by atoms with Gasteiger partial charge in [0, 0.05) is 24.2 Å². The van der Waals surface area contributed by atoms with Crippen molar-refractivity contribution in [3.8, 4) is 28.7 Å². The first-order chi connectivity index (χ1) is 18.9. The summed E-state index contributed by atoms with van der Waals surface area (Å²) in [6.45, 7) is 2.47. The molecule has 0 aliphatic carbocycles. The van der Waals surface area contributed by atoms with E-state index in [9.17, 15) is 9.59 Å². The number of rotatable bonds is 10. The van der Waals surface area contributed by atoms with Crippen molar-refractivity contribution in [3.05, 3.63) is 66.2 Å². The van der Waals surface area contributed by atoms with Gasteiger partial charge in [0.05, 0.1) is 52.7 Å². The van der Waals surface area contributed by atoms with Crippen molar-refractivity contribution in [2.45, 2.75) is 25.8 Å². The van der Waals surface area contributed by atoms with Gasteiger partial charge in [0.1, 0.15) is 11.5 Å². The van der Waals surface area contributed by atoms with Crippen LogP contribution < -0.4 is 33.9 Å². The molecule has 2 atom stereocenters. The smallest absolute Gasteiger partial charge is 0.229 e. The second-order valence-corrected chi connectivity index (χ2v) is 8.96. The highest BCUT2D eigenvalue weighted by atomic mass is 16.5. The Hall–Kier alpha value is -4.40. The minimum Gasteiger partial charge on any atom is -0.497 e. The maximum atomic E-state index is 13.7. The van der Waals surface area contributed by atoms with Crippen LogP contribution in [0.1, 0.15) is 31.4 Å². The zero-order valence-electron chi connectivity index (χ0n) is 22.9. The molecule has 1 fully saturated rings. The van der Waals surface area contributed by atoms with Crippen LogP contribution in [-0.2, 0) is 9.59 Å². The first kappa shape index (κ1) is 27.6. The van der Waals surface area contributed by atoms with Crippen LogP contribution in [-0.4, -0.2) is 46.9 Å². The Labute approximate surface area is 228 Å². The zero-order valence-corrected chi connectivity index (χ0v) is 22.9. The molecule has 0 unspecified atom stereocenters. The number of hydrogen-bond donors (Lipinski definition) is 1. The highest BCUT2D eigenvalue weighted by Crippen LogP contribution is 2.46. The van der Waals surface area contributed by atoms with Crippen molar-refractivity contribution in [2.75, 3.05) is 45.3 Å². The van der Waals surface area contributed by atoms with Gasteiger partial charge in [-0.15, -0.1) is 0 Å². The second-order valence-electron chi connectivity index (χ2n) is 8.96. The third-order valence-corrected chi connectivity index (χ3v) is 6.75. The fraction of sp³-hybridized carbons (Fsp3) is 0.333. The van der Waals surface area contributed by atoms with Crippen LogP contribution in [0, 0.1) is 5.92 Å². The normalized spacial score (nSPS) is 16.8. The molecule has 1 aliphatic heterocycles. The summed E-state index contributed by atoms with van der Waals surface area (Å²) in [5.74, 6) is 1.79. The number of benzene rings is 3. The maximum absolute atomic E-state index is 13.7. The number of anilines is 2. The first-order valence-corrected chi connectivity index (χ1v) is 12.7. The monoisotopic (exact) mass is 534 g/mol. The molecular formula is C30H34N2O7. The Kier molecular flexibility index (Phi) is 8.81. The summed E-state index contributed by atoms with van der Waals surface area (Å²) in [6.07, 6.45) is 0.587. The number of carbonyl (C=O) groups excluding carboxylic acids is 2. The van der Waals surface area contributed by atoms with E-state index in [4.69, 9.17) is 23.7 Å². The van der Waals surface area contributed by atoms with Crippen LogP contribution in [0.2, 0.25) is 0 Å². The average molecular weight is 535 g/mol. The molecule has 1 aliphatic rings. The molecule has 0 radical (unpaired) electrons. The van der Waals surface area contributed by atoms with Gasteiger partial charge >= 0.3 is 0 Å². The van der Waals surface area contributed by atoms with Gasteiger partial charge in [-0.3, -0.25) is 9.59 Å². The molecule has 9 nitrogen and oxygen atoms in total. The molecule has 9 heteroatoms. The van der Waals surface area contributed by atoms with E-state index in [-0.39, 0.29) is 18.2 Å². The van der Waals surface area contributed by atoms with E-state index in [0.717, 1.165) is 11.3 Å². The molecule has 0 saturated carbocycles. The van der Waals surface area contributed by atoms with Gasteiger partial charge in [-0.2, -0.15) is 0 Å². The molecule has 1 N–H and O–H groups in total. The molecule has 1 saturated heterocycles. The van der Waals surface area contributed by atoms with Crippen LogP contribution in [0.25, 0.3) is 0 Å². The van der Waals surface area contributed by atoms with Crippen molar-refractivity contribution in [1.29, 1.82) is 0 Å². The van der Waals surface area contributed by atoms with E-state index >= 15 is 0 Å². The van der Waals surface area contributed by atoms with Crippen LogP contribution >= 0.6 is 0 Å². The molecule has 3 aromatic carbocycles. The van der Waals surface area contributed by atoms with E-state index in [1.807, 2.05) is 43.3 Å². The predicted molar refractivity (Wildman–Crippen MR) is 148 cm³/mol. The Morgan fingerprint density at radius 3 is 2.03 bits per heavy atom. The van der Waals surface area contributed by atoms with Crippen molar-refractivity contribution in [1.82, 2.24) is 0 Å². The van der Waals surface area contributed by atoms with Gasteiger partial charge < -0.3 is 33.9 Å². The summed E-state index contributed by atoms with van der Waals surface area (Å²) in [4.78, 5) is 28.9. The van der Waals surface area contributed by atoms with E-state index < -0.39 is 12.0 Å². The molecule has 2 amide bonds. The van der Waals surface area contributed by atoms with E-state index in [0.29, 0.717) is 47.4 Å². The molecule has 0 aromatic heterocycles. The summed E-state index contributed by atoms with van der Waals surface area (Å²) >= 11 is 0. The lowest BCUT2D eigenvalue weighted by molar-refractivity contribution is -0.125. The summed E-state index contributed by atoms with van der Waals surface area (Å²) < 4.78 is 27.4. The third kappa shape index (κ3) is 5.87. The van der Waals surface area contributed by atoms with Gasteiger partial charge in [0.2, 0.25) is 17.6 Å². The van der Waals surface area contributed by atoms with Gasteiger partial charge in [0.15, 0.2) is 11.5 Å². The molecule has 0 spiro atoms. The van der Waals surface area contributed by atoms with Crippen LogP contribution in [0.15, 0.2) is 60.7 Å². The quantitative estimate of drug-likeness (QED) is 0.380. The Balaban J connectivity index is 1.76. The Bertz CT molecular complexity index is 1270. The molecular weight excluding hydrogens is 500 g/mol. The number of nitrogens with one attached hydrogen (secondary N) is 1. The average Bonchev–Trinajstić information content (AvgIpc) is 2.97. The largest absolute Gasteiger partial charge is 0.497 e. The molecule has 39 heavy (non-hydrogen) atoms. The second kappa shape index (κ2) is 12.4. The number of ether oxygens (including phenoxy) is 5. The minimum atomic E-state index is -0.595. The number of piperidine rings is 1. The van der Waals surface area contributed by atoms with Crippen LogP contribution in [0.3, 0.4) is 0 Å². The lowest BCUT2D eigenvalue weighted by Gasteiger charge is -2.41. The van der Waals surface area contributed by atoms with Crippen molar-refractivity contribution in [2.24, 2.45) is 5.92 Å². The minimum absolute atomic E-state index is 0.116. The number of amides is 2. The van der Waals surface area contributed by atoms with E-state index in [1.165, 1.54) is 21.3 Å². The highest BCUT2D eigenvalue weighted by Gasteiger charge is 2.42. The SMILES string of the molecule is CCOc1ccc(NC(=O)[C@@H]2CCC(=O)N(c3cc(OC)c(OC)c(OC)c3)[C@@H]2c2ccc(OC)cc2)cc1. The lowest BCUT2D eigenvalue weighted by atomic mass is 9.83. The molecule has 206 valence electrons. The number of methoxy groups -OCH3 is 4. The third-order valence-electron chi connectivity index (χ3n) is 6.75. The number of nitrogens with zero attached hydrogens (tertiary/aromatic N) is 1. The van der Waals surface area contributed by atoms with E-state index in [1.54, 1.807) is 36.3 Å². The maximum Gasteiger partial charge on any atom is 0.229 e. The summed E-state index contributed by atoms with van der Waals surface area (Å²) in [6, 6.07) is 17.5.